The van der Waals surface area contributed by atoms with E-state index in [0.717, 1.165) is 22.4 Å². The van der Waals surface area contributed by atoms with Crippen molar-refractivity contribution in [2.45, 2.75) is 13.8 Å². The summed E-state index contributed by atoms with van der Waals surface area (Å²) in [5, 5.41) is 5.23. The summed E-state index contributed by atoms with van der Waals surface area (Å²) in [7, 11) is 0. The van der Waals surface area contributed by atoms with Crippen molar-refractivity contribution >= 4 is 28.5 Å². The summed E-state index contributed by atoms with van der Waals surface area (Å²) in [6.45, 7) is 4.08. The van der Waals surface area contributed by atoms with E-state index in [1.807, 2.05) is 19.2 Å². The van der Waals surface area contributed by atoms with Crippen LogP contribution in [0.25, 0.3) is 17.3 Å². The van der Waals surface area contributed by atoms with Crippen molar-refractivity contribution in [1.29, 1.82) is 0 Å². The van der Waals surface area contributed by atoms with E-state index in [2.05, 4.69) is 28.5 Å². The van der Waals surface area contributed by atoms with Gasteiger partial charge in [0.05, 0.1) is 5.69 Å². The van der Waals surface area contributed by atoms with E-state index in [-0.39, 0.29) is 11.7 Å². The zero-order valence-corrected chi connectivity index (χ0v) is 14.7. The number of hydrogen-bond donors (Lipinski definition) is 1. The number of nitrogens with one attached hydrogen (secondary N) is 1. The van der Waals surface area contributed by atoms with Crippen molar-refractivity contribution in [1.82, 2.24) is 4.98 Å². The molecule has 25 heavy (non-hydrogen) atoms. The van der Waals surface area contributed by atoms with E-state index in [0.29, 0.717) is 5.13 Å². The lowest BCUT2D eigenvalue weighted by atomic mass is 10.0. The van der Waals surface area contributed by atoms with Crippen LogP contribution in [0.5, 0.6) is 0 Å². The molecule has 1 aromatic heterocycles. The standard InChI is InChI=1S/C20H17FN2OS/c1-13-3-4-14(2)17(11-13)18-12-25-20(22-18)23-19(24)10-7-15-5-8-16(21)9-6-15/h3-12H,1-2H3,(H,22,23,24). The second kappa shape index (κ2) is 7.40. The molecule has 1 N–H and O–H groups in total. The molecule has 0 unspecified atom stereocenters. The highest BCUT2D eigenvalue weighted by molar-refractivity contribution is 7.14. The Morgan fingerprint density at radius 1 is 1.16 bits per heavy atom. The largest absolute Gasteiger partial charge is 0.298 e. The third-order valence-electron chi connectivity index (χ3n) is 3.70. The van der Waals surface area contributed by atoms with Gasteiger partial charge in [-0.05, 0) is 49.2 Å². The van der Waals surface area contributed by atoms with Gasteiger partial charge in [0.25, 0.3) is 0 Å². The molecule has 3 rings (SSSR count). The Bertz CT molecular complexity index is 929. The first kappa shape index (κ1) is 17.0. The second-order valence-electron chi connectivity index (χ2n) is 5.73. The molecule has 0 aliphatic carbocycles. The molecule has 2 aromatic carbocycles. The third kappa shape index (κ3) is 4.39. The quantitative estimate of drug-likeness (QED) is 0.654. The number of rotatable bonds is 4. The summed E-state index contributed by atoms with van der Waals surface area (Å²) in [5.74, 6) is -0.574. The summed E-state index contributed by atoms with van der Waals surface area (Å²) in [6.07, 6.45) is 3.04. The van der Waals surface area contributed by atoms with Crippen molar-refractivity contribution in [3.05, 3.63) is 76.4 Å². The Kier molecular flexibility index (Phi) is 5.05. The second-order valence-corrected chi connectivity index (χ2v) is 6.59. The number of aromatic nitrogens is 1. The zero-order chi connectivity index (χ0) is 17.8. The molecule has 5 heteroatoms. The molecule has 0 aliphatic heterocycles. The van der Waals surface area contributed by atoms with Crippen molar-refractivity contribution in [3.63, 3.8) is 0 Å². The molecular weight excluding hydrogens is 335 g/mol. The van der Waals surface area contributed by atoms with Gasteiger partial charge >= 0.3 is 0 Å². The van der Waals surface area contributed by atoms with Crippen LogP contribution >= 0.6 is 11.3 Å². The molecule has 1 heterocycles. The average molecular weight is 352 g/mol. The summed E-state index contributed by atoms with van der Waals surface area (Å²) >= 11 is 1.38. The van der Waals surface area contributed by atoms with Crippen LogP contribution in [0.2, 0.25) is 0 Å². The number of carbonyl (C=O) groups excluding carboxylic acids is 1. The lowest BCUT2D eigenvalue weighted by Gasteiger charge is -2.03. The molecule has 3 aromatic rings. The smallest absolute Gasteiger partial charge is 0.250 e. The summed E-state index contributed by atoms with van der Waals surface area (Å²) in [4.78, 5) is 16.5. The minimum atomic E-state index is -0.302. The van der Waals surface area contributed by atoms with E-state index in [4.69, 9.17) is 0 Å². The number of carbonyl (C=O) groups is 1. The summed E-state index contributed by atoms with van der Waals surface area (Å²) in [5.41, 5.74) is 4.99. The molecule has 0 aliphatic rings. The number of benzene rings is 2. The van der Waals surface area contributed by atoms with Gasteiger partial charge in [-0.15, -0.1) is 11.3 Å². The number of anilines is 1. The highest BCUT2D eigenvalue weighted by atomic mass is 32.1. The Balaban J connectivity index is 1.69. The van der Waals surface area contributed by atoms with Crippen molar-refractivity contribution in [2.24, 2.45) is 0 Å². The molecule has 0 radical (unpaired) electrons. The van der Waals surface area contributed by atoms with Crippen LogP contribution in [-0.2, 0) is 4.79 Å². The molecule has 0 spiro atoms. The van der Waals surface area contributed by atoms with Gasteiger partial charge in [-0.2, -0.15) is 0 Å². The zero-order valence-electron chi connectivity index (χ0n) is 13.9. The van der Waals surface area contributed by atoms with Crippen LogP contribution in [0.15, 0.2) is 53.9 Å². The fourth-order valence-corrected chi connectivity index (χ4v) is 3.07. The topological polar surface area (TPSA) is 42.0 Å². The van der Waals surface area contributed by atoms with E-state index in [9.17, 15) is 9.18 Å². The van der Waals surface area contributed by atoms with E-state index < -0.39 is 0 Å². The van der Waals surface area contributed by atoms with Crippen LogP contribution in [-0.4, -0.2) is 10.9 Å². The van der Waals surface area contributed by atoms with Gasteiger partial charge in [0, 0.05) is 17.0 Å². The molecule has 0 saturated heterocycles. The van der Waals surface area contributed by atoms with Gasteiger partial charge < -0.3 is 0 Å². The number of halogens is 1. The van der Waals surface area contributed by atoms with Crippen LogP contribution in [0.3, 0.4) is 0 Å². The SMILES string of the molecule is Cc1ccc(C)c(-c2csc(NC(=O)C=Cc3ccc(F)cc3)n2)c1. The number of thiazole rings is 1. The minimum Gasteiger partial charge on any atom is -0.298 e. The monoisotopic (exact) mass is 352 g/mol. The fourth-order valence-electron chi connectivity index (χ4n) is 2.36. The van der Waals surface area contributed by atoms with Crippen LogP contribution in [0.4, 0.5) is 9.52 Å². The van der Waals surface area contributed by atoms with Crippen LogP contribution < -0.4 is 5.32 Å². The first-order chi connectivity index (χ1) is 12.0. The molecule has 126 valence electrons. The lowest BCUT2D eigenvalue weighted by molar-refractivity contribution is -0.111. The van der Waals surface area contributed by atoms with E-state index >= 15 is 0 Å². The normalized spacial score (nSPS) is 11.0. The molecule has 0 saturated carbocycles. The van der Waals surface area contributed by atoms with Crippen molar-refractivity contribution in [2.75, 3.05) is 5.32 Å². The summed E-state index contributed by atoms with van der Waals surface area (Å²) in [6, 6.07) is 12.2. The highest BCUT2D eigenvalue weighted by Crippen LogP contribution is 2.28. The Morgan fingerprint density at radius 2 is 1.92 bits per heavy atom. The first-order valence-corrected chi connectivity index (χ1v) is 8.67. The van der Waals surface area contributed by atoms with E-state index in [1.165, 1.54) is 35.1 Å². The highest BCUT2D eigenvalue weighted by Gasteiger charge is 2.09. The first-order valence-electron chi connectivity index (χ1n) is 7.79. The number of nitrogens with zero attached hydrogens (tertiary/aromatic N) is 1. The van der Waals surface area contributed by atoms with Gasteiger partial charge in [0.15, 0.2) is 5.13 Å². The maximum atomic E-state index is 12.9. The number of aryl methyl sites for hydroxylation is 2. The average Bonchev–Trinajstić information content (AvgIpc) is 3.05. The van der Waals surface area contributed by atoms with Gasteiger partial charge in [-0.25, -0.2) is 9.37 Å². The minimum absolute atomic E-state index is 0.272. The molecular formula is C20H17FN2OS. The molecule has 3 nitrogen and oxygen atoms in total. The van der Waals surface area contributed by atoms with Crippen molar-refractivity contribution < 1.29 is 9.18 Å². The maximum absolute atomic E-state index is 12.9. The lowest BCUT2D eigenvalue weighted by Crippen LogP contribution is -2.07. The van der Waals surface area contributed by atoms with Gasteiger partial charge in [-0.3, -0.25) is 10.1 Å². The summed E-state index contributed by atoms with van der Waals surface area (Å²) < 4.78 is 12.9. The van der Waals surface area contributed by atoms with Gasteiger partial charge in [0.1, 0.15) is 5.82 Å². The van der Waals surface area contributed by atoms with Crippen molar-refractivity contribution in [3.8, 4) is 11.3 Å². The molecule has 0 bridgehead atoms. The molecule has 0 atom stereocenters. The molecule has 1 amide bonds. The molecule has 0 fully saturated rings. The van der Waals surface area contributed by atoms with Gasteiger partial charge in [-0.1, -0.05) is 29.8 Å². The predicted octanol–water partition coefficient (Wildman–Crippen LogP) is 5.22. The van der Waals surface area contributed by atoms with Crippen LogP contribution in [0, 0.1) is 19.7 Å². The van der Waals surface area contributed by atoms with Crippen LogP contribution in [0.1, 0.15) is 16.7 Å². The predicted molar refractivity (Wildman–Crippen MR) is 101 cm³/mol. The van der Waals surface area contributed by atoms with E-state index in [1.54, 1.807) is 18.2 Å². The number of amides is 1. The Morgan fingerprint density at radius 3 is 2.68 bits per heavy atom. The number of hydrogen-bond acceptors (Lipinski definition) is 3. The Hall–Kier alpha value is -2.79. The fraction of sp³-hybridized carbons (Fsp3) is 0.100. The third-order valence-corrected chi connectivity index (χ3v) is 4.46. The maximum Gasteiger partial charge on any atom is 0.250 e. The van der Waals surface area contributed by atoms with Gasteiger partial charge in [0.2, 0.25) is 5.91 Å². The Labute approximate surface area is 149 Å².